The molecule has 0 radical (unpaired) electrons. The molecule has 2 aliphatic carbocycles. The molecule has 11 heteroatoms. The number of aromatic nitrogens is 3. The summed E-state index contributed by atoms with van der Waals surface area (Å²) in [6.45, 7) is 3.52. The molecule has 4 N–H and O–H groups in total. The highest BCUT2D eigenvalue weighted by Gasteiger charge is 2.54. The topological polar surface area (TPSA) is 150 Å². The Morgan fingerprint density at radius 3 is 2.66 bits per heavy atom. The van der Waals surface area contributed by atoms with E-state index in [0.717, 1.165) is 42.3 Å². The van der Waals surface area contributed by atoms with E-state index in [-0.39, 0.29) is 36.5 Å². The predicted octanol–water partition coefficient (Wildman–Crippen LogP) is 3.70. The lowest BCUT2D eigenvalue weighted by atomic mass is 9.53. The number of hydrogen-bond donors (Lipinski definition) is 3. The number of carbonyl (C=O) groups excluding carboxylic acids is 2. The van der Waals surface area contributed by atoms with Gasteiger partial charge in [0.25, 0.3) is 5.91 Å². The van der Waals surface area contributed by atoms with Crippen LogP contribution < -0.4 is 25.3 Å². The SMILES string of the molecule is COc1cccc(-c2ccc(C(N)=O)c(OC3CC4(CC(NC(=O)Cc5cnn6cc(OCC(C)(C)O)ccc56)C4)C3)c2)n1. The normalized spacial score (nSPS) is 20.9. The minimum absolute atomic E-state index is 0.0330. The minimum atomic E-state index is -0.938. The van der Waals surface area contributed by atoms with E-state index in [1.54, 1.807) is 62.1 Å². The number of nitrogens with two attached hydrogens (primary N) is 1. The van der Waals surface area contributed by atoms with Crippen LogP contribution in [0.25, 0.3) is 16.8 Å². The number of methoxy groups -OCH3 is 1. The molecule has 1 aromatic carbocycles. The summed E-state index contributed by atoms with van der Waals surface area (Å²) in [6.07, 6.45) is 7.13. The van der Waals surface area contributed by atoms with E-state index >= 15 is 0 Å². The van der Waals surface area contributed by atoms with Crippen molar-refractivity contribution in [1.29, 1.82) is 0 Å². The first-order chi connectivity index (χ1) is 21.0. The van der Waals surface area contributed by atoms with Crippen LogP contribution in [0.1, 0.15) is 55.5 Å². The van der Waals surface area contributed by atoms with Crippen LogP contribution in [0.4, 0.5) is 0 Å². The number of amides is 2. The van der Waals surface area contributed by atoms with E-state index in [2.05, 4.69) is 15.4 Å². The summed E-state index contributed by atoms with van der Waals surface area (Å²) in [7, 11) is 1.56. The van der Waals surface area contributed by atoms with Crippen LogP contribution in [-0.2, 0) is 11.2 Å². The summed E-state index contributed by atoms with van der Waals surface area (Å²) in [4.78, 5) is 29.5. The zero-order valence-corrected chi connectivity index (χ0v) is 25.1. The molecular weight excluding hydrogens is 562 g/mol. The molecule has 4 aromatic rings. The zero-order chi connectivity index (χ0) is 31.1. The zero-order valence-electron chi connectivity index (χ0n) is 25.1. The summed E-state index contributed by atoms with van der Waals surface area (Å²) in [5, 5.41) is 17.4. The van der Waals surface area contributed by atoms with Gasteiger partial charge in [-0.1, -0.05) is 12.1 Å². The third-order valence-electron chi connectivity index (χ3n) is 8.33. The molecule has 44 heavy (non-hydrogen) atoms. The fraction of sp³-hybridized carbons (Fsp3) is 0.394. The summed E-state index contributed by atoms with van der Waals surface area (Å²) < 4.78 is 18.8. The number of ether oxygens (including phenoxy) is 3. The van der Waals surface area contributed by atoms with Crippen LogP contribution in [0.3, 0.4) is 0 Å². The lowest BCUT2D eigenvalue weighted by molar-refractivity contribution is -0.126. The largest absolute Gasteiger partial charge is 0.490 e. The monoisotopic (exact) mass is 599 g/mol. The average molecular weight is 600 g/mol. The second-order valence-corrected chi connectivity index (χ2v) is 12.6. The third-order valence-corrected chi connectivity index (χ3v) is 8.33. The first kappa shape index (κ1) is 29.4. The van der Waals surface area contributed by atoms with E-state index in [1.165, 1.54) is 0 Å². The van der Waals surface area contributed by atoms with E-state index in [0.29, 0.717) is 28.6 Å². The Morgan fingerprint density at radius 1 is 1.14 bits per heavy atom. The molecule has 0 atom stereocenters. The minimum Gasteiger partial charge on any atom is -0.490 e. The number of rotatable bonds is 11. The van der Waals surface area contributed by atoms with Crippen molar-refractivity contribution in [1.82, 2.24) is 19.9 Å². The molecular formula is C33H37N5O6. The highest BCUT2D eigenvalue weighted by molar-refractivity contribution is 5.96. The Labute approximate surface area is 255 Å². The van der Waals surface area contributed by atoms with Gasteiger partial charge in [-0.3, -0.25) is 9.59 Å². The number of fused-ring (bicyclic) bond motifs is 1. The van der Waals surface area contributed by atoms with Crippen LogP contribution in [0, 0.1) is 5.41 Å². The molecule has 11 nitrogen and oxygen atoms in total. The van der Waals surface area contributed by atoms with Gasteiger partial charge in [0.05, 0.1) is 54.4 Å². The number of aliphatic hydroxyl groups is 1. The number of carbonyl (C=O) groups is 2. The number of hydrogen-bond acceptors (Lipinski definition) is 8. The molecule has 2 saturated carbocycles. The lowest BCUT2D eigenvalue weighted by Crippen LogP contribution is -2.59. The van der Waals surface area contributed by atoms with E-state index in [1.807, 2.05) is 24.3 Å². The molecule has 6 rings (SSSR count). The highest BCUT2D eigenvalue weighted by Crippen LogP contribution is 2.57. The molecule has 230 valence electrons. The van der Waals surface area contributed by atoms with Gasteiger partial charge >= 0.3 is 0 Å². The number of pyridine rings is 2. The van der Waals surface area contributed by atoms with Crippen molar-refractivity contribution >= 4 is 17.3 Å². The Balaban J connectivity index is 1.01. The van der Waals surface area contributed by atoms with Gasteiger partial charge in [-0.15, -0.1) is 0 Å². The molecule has 2 fully saturated rings. The number of nitrogens with zero attached hydrogens (tertiary/aromatic N) is 3. The van der Waals surface area contributed by atoms with Crippen molar-refractivity contribution in [2.24, 2.45) is 11.1 Å². The third kappa shape index (κ3) is 6.33. The number of benzene rings is 1. The van der Waals surface area contributed by atoms with E-state index in [9.17, 15) is 14.7 Å². The molecule has 1 spiro atoms. The van der Waals surface area contributed by atoms with Crippen molar-refractivity contribution in [3.05, 3.63) is 72.1 Å². The number of primary amides is 1. The second kappa shape index (κ2) is 11.5. The van der Waals surface area contributed by atoms with E-state index in [4.69, 9.17) is 19.9 Å². The van der Waals surface area contributed by atoms with Crippen molar-refractivity contribution in [2.75, 3.05) is 13.7 Å². The van der Waals surface area contributed by atoms with Crippen molar-refractivity contribution < 1.29 is 28.9 Å². The van der Waals surface area contributed by atoms with Crippen LogP contribution in [0.2, 0.25) is 0 Å². The van der Waals surface area contributed by atoms with Crippen molar-refractivity contribution in [3.8, 4) is 28.6 Å². The molecule has 3 heterocycles. The summed E-state index contributed by atoms with van der Waals surface area (Å²) >= 11 is 0. The van der Waals surface area contributed by atoms with Gasteiger partial charge in [-0.25, -0.2) is 9.50 Å². The Bertz CT molecular complexity index is 1700. The Hall–Kier alpha value is -4.64. The maximum Gasteiger partial charge on any atom is 0.252 e. The maximum atomic E-state index is 12.9. The highest BCUT2D eigenvalue weighted by atomic mass is 16.5. The van der Waals surface area contributed by atoms with Gasteiger partial charge in [0, 0.05) is 23.2 Å². The second-order valence-electron chi connectivity index (χ2n) is 12.6. The quantitative estimate of drug-likeness (QED) is 0.236. The van der Waals surface area contributed by atoms with Gasteiger partial charge in [-0.2, -0.15) is 5.10 Å². The molecule has 3 aromatic heterocycles. The predicted molar refractivity (Wildman–Crippen MR) is 163 cm³/mol. The summed E-state index contributed by atoms with van der Waals surface area (Å²) in [5.41, 5.74) is 8.35. The van der Waals surface area contributed by atoms with Gasteiger partial charge in [-0.05, 0) is 75.3 Å². The van der Waals surface area contributed by atoms with Gasteiger partial charge in [0.15, 0.2) is 0 Å². The molecule has 2 amide bonds. The Kier molecular flexibility index (Phi) is 7.66. The van der Waals surface area contributed by atoms with Crippen LogP contribution in [-0.4, -0.2) is 63.0 Å². The summed E-state index contributed by atoms with van der Waals surface area (Å²) in [5.74, 6) is 0.958. The lowest BCUT2D eigenvalue weighted by Gasteiger charge is -2.57. The van der Waals surface area contributed by atoms with Crippen LogP contribution >= 0.6 is 0 Å². The van der Waals surface area contributed by atoms with Gasteiger partial charge in [0.2, 0.25) is 11.8 Å². The van der Waals surface area contributed by atoms with Crippen molar-refractivity contribution in [3.63, 3.8) is 0 Å². The maximum absolute atomic E-state index is 12.9. The van der Waals surface area contributed by atoms with Crippen LogP contribution in [0.5, 0.6) is 17.4 Å². The first-order valence-corrected chi connectivity index (χ1v) is 14.7. The molecule has 0 aliphatic heterocycles. The molecule has 0 saturated heterocycles. The van der Waals surface area contributed by atoms with E-state index < -0.39 is 11.5 Å². The fourth-order valence-corrected chi connectivity index (χ4v) is 6.21. The smallest absolute Gasteiger partial charge is 0.252 e. The van der Waals surface area contributed by atoms with Gasteiger partial charge in [0.1, 0.15) is 18.1 Å². The first-order valence-electron chi connectivity index (χ1n) is 14.7. The molecule has 0 unspecified atom stereocenters. The van der Waals surface area contributed by atoms with Crippen molar-refractivity contribution in [2.45, 2.75) is 63.7 Å². The van der Waals surface area contributed by atoms with Crippen LogP contribution in [0.15, 0.2) is 60.9 Å². The Morgan fingerprint density at radius 2 is 1.93 bits per heavy atom. The van der Waals surface area contributed by atoms with Gasteiger partial charge < -0.3 is 30.4 Å². The fourth-order valence-electron chi connectivity index (χ4n) is 6.21. The number of nitrogens with one attached hydrogen (secondary N) is 1. The standard InChI is InChI=1S/C33H37N5O6/c1-32(2,41)19-43-23-8-10-27-21(17-35-38(27)18-23)12-29(39)36-22-13-33(14-22)15-24(16-33)44-28-11-20(7-9-25(28)31(34)40)26-5-4-6-30(37-26)42-3/h4-11,17-18,22,24,41H,12-16,19H2,1-3H3,(H2,34,40)(H,36,39). The summed E-state index contributed by atoms with van der Waals surface area (Å²) in [6, 6.07) is 14.6. The molecule has 0 bridgehead atoms. The average Bonchev–Trinajstić information content (AvgIpc) is 3.34. The molecule has 2 aliphatic rings.